The quantitative estimate of drug-likeness (QED) is 0.0845. The molecular weight excluding hydrogens is 648 g/mol. The Labute approximate surface area is 300 Å². The summed E-state index contributed by atoms with van der Waals surface area (Å²) in [6, 6.07) is 8.82. The molecule has 3 aliphatic heterocycles. The maximum atomic E-state index is 13.9. The number of amides is 1. The molecule has 1 saturated carbocycles. The van der Waals surface area contributed by atoms with Gasteiger partial charge in [-0.05, 0) is 92.2 Å². The van der Waals surface area contributed by atoms with E-state index in [1.807, 2.05) is 13.0 Å². The summed E-state index contributed by atoms with van der Waals surface area (Å²) in [5, 5.41) is 46.7. The van der Waals surface area contributed by atoms with Gasteiger partial charge in [0.2, 0.25) is 0 Å². The van der Waals surface area contributed by atoms with E-state index in [2.05, 4.69) is 39.1 Å². The van der Waals surface area contributed by atoms with Crippen molar-refractivity contribution in [2.75, 3.05) is 0 Å². The number of carbonyl (C=O) groups excluding carboxylic acids is 2. The van der Waals surface area contributed by atoms with Crippen LogP contribution in [0.3, 0.4) is 0 Å². The molecule has 7 rings (SSSR count). The molecule has 0 radical (unpaired) electrons. The van der Waals surface area contributed by atoms with Gasteiger partial charge >= 0.3 is 5.91 Å². The molecule has 0 bridgehead atoms. The Bertz CT molecular complexity index is 1700. The van der Waals surface area contributed by atoms with Gasteiger partial charge in [-0.1, -0.05) is 45.4 Å². The zero-order chi connectivity index (χ0) is 36.4. The highest BCUT2D eigenvalue weighted by atomic mass is 16.7. The number of nitrogens with one attached hydrogen (secondary N) is 1. The standard InChI is InChI=1S/C41H52N2O8/c1-21-11-12-41(51-39(21)27-17-28(44)19-29(45)18-27)24(4)15-23(3)32(50-41)20-30-22(2)16-26-9-10-31(46)25(5)33(26)34(30)37(47)35-38(48)36(40(49)42-35)43-13-7-6-8-14-43/h6-8,13-14,16-19,21,23-26,30-34,36,39,46H,9-12,15,20H2,1-5H3,(H3-,42,44,45,47,48,49)/p+1/t21?,23?,24?,25?,26?,30-,31?,32?,33?,34+,36?,39?,41?/m1/s1. The molecule has 1 amide bonds. The average Bonchev–Trinajstić information content (AvgIpc) is 3.39. The molecule has 10 nitrogen and oxygen atoms in total. The molecule has 5 N–H and O–H groups in total. The number of benzene rings is 1. The maximum Gasteiger partial charge on any atom is 0.302 e. The Hall–Kier alpha value is -3.73. The summed E-state index contributed by atoms with van der Waals surface area (Å²) in [7, 11) is 0. The minimum atomic E-state index is -1.11. The third kappa shape index (κ3) is 6.37. The third-order valence-electron chi connectivity index (χ3n) is 13.0. The zero-order valence-electron chi connectivity index (χ0n) is 30.2. The van der Waals surface area contributed by atoms with Gasteiger partial charge in [-0.15, -0.1) is 0 Å². The van der Waals surface area contributed by atoms with Crippen LogP contribution < -0.4 is 9.88 Å². The van der Waals surface area contributed by atoms with Crippen molar-refractivity contribution in [2.24, 2.45) is 47.3 Å². The SMILES string of the molecule is CC1=CC2CCC(O)C(C)C2[C@@H](C(O)=C2NC(=O)C([n+]3ccccc3)C2=O)[C@@H]1CC1OC2(CCC(C)C(c3cc(O)cc(O)c3)O2)C(C)CC1C. The van der Waals surface area contributed by atoms with Crippen LogP contribution in [0.1, 0.15) is 90.9 Å². The largest absolute Gasteiger partial charge is 0.510 e. The summed E-state index contributed by atoms with van der Waals surface area (Å²) in [6.45, 7) is 10.6. The molecule has 3 saturated heterocycles. The predicted molar refractivity (Wildman–Crippen MR) is 188 cm³/mol. The monoisotopic (exact) mass is 701 g/mol. The number of pyridine rings is 1. The number of hydrogen-bond donors (Lipinski definition) is 5. The Kier molecular flexibility index (Phi) is 9.56. The molecule has 13 atom stereocenters. The summed E-state index contributed by atoms with van der Waals surface area (Å²) < 4.78 is 15.6. The van der Waals surface area contributed by atoms with Crippen LogP contribution in [0.4, 0.5) is 0 Å². The molecule has 2 aliphatic carbocycles. The van der Waals surface area contributed by atoms with Crippen molar-refractivity contribution in [1.82, 2.24) is 5.32 Å². The average molecular weight is 702 g/mol. The van der Waals surface area contributed by atoms with Gasteiger partial charge in [-0.3, -0.25) is 9.59 Å². The number of phenols is 2. The van der Waals surface area contributed by atoms with Gasteiger partial charge < -0.3 is 35.2 Å². The maximum absolute atomic E-state index is 13.9. The molecule has 1 spiro atoms. The van der Waals surface area contributed by atoms with Crippen LogP contribution in [0, 0.1) is 47.3 Å². The van der Waals surface area contributed by atoms with E-state index < -0.39 is 35.5 Å². The fraction of sp³-hybridized carbons (Fsp3) is 0.585. The minimum absolute atomic E-state index is 0.0185. The van der Waals surface area contributed by atoms with Crippen molar-refractivity contribution in [2.45, 2.75) is 103 Å². The molecule has 4 heterocycles. The normalized spacial score (nSPS) is 40.8. The second-order valence-corrected chi connectivity index (χ2v) is 16.3. The highest BCUT2D eigenvalue weighted by Crippen LogP contribution is 2.55. The van der Waals surface area contributed by atoms with Gasteiger partial charge in [0.1, 0.15) is 23.0 Å². The van der Waals surface area contributed by atoms with Crippen LogP contribution in [-0.4, -0.2) is 50.1 Å². The van der Waals surface area contributed by atoms with E-state index in [9.17, 15) is 30.0 Å². The van der Waals surface area contributed by atoms with E-state index in [4.69, 9.17) is 9.47 Å². The number of aromatic nitrogens is 1. The van der Waals surface area contributed by atoms with Crippen molar-refractivity contribution in [1.29, 1.82) is 0 Å². The van der Waals surface area contributed by atoms with E-state index in [-0.39, 0.29) is 76.6 Å². The van der Waals surface area contributed by atoms with Gasteiger partial charge in [-0.2, -0.15) is 4.57 Å². The fourth-order valence-corrected chi connectivity index (χ4v) is 10.2. The Morgan fingerprint density at radius 1 is 0.961 bits per heavy atom. The first-order chi connectivity index (χ1) is 24.3. The van der Waals surface area contributed by atoms with Crippen molar-refractivity contribution in [3.63, 3.8) is 0 Å². The van der Waals surface area contributed by atoms with Crippen LogP contribution in [-0.2, 0) is 19.1 Å². The molecule has 10 heteroatoms. The fourth-order valence-electron chi connectivity index (χ4n) is 10.2. The lowest BCUT2D eigenvalue weighted by molar-refractivity contribution is -0.695. The number of nitrogens with zero attached hydrogens (tertiary/aromatic N) is 1. The number of Topliss-reactive ketones (excluding diaryl/α,β-unsaturated/α-hetero) is 1. The lowest BCUT2D eigenvalue weighted by atomic mass is 9.56. The van der Waals surface area contributed by atoms with E-state index >= 15 is 0 Å². The highest BCUT2D eigenvalue weighted by Gasteiger charge is 2.55. The van der Waals surface area contributed by atoms with Gasteiger partial charge in [0, 0.05) is 36.5 Å². The number of carbonyl (C=O) groups is 2. The summed E-state index contributed by atoms with van der Waals surface area (Å²) in [5.41, 5.74) is 1.76. The van der Waals surface area contributed by atoms with Crippen molar-refractivity contribution in [3.05, 3.63) is 77.5 Å². The number of fused-ring (bicyclic) bond motifs is 1. The number of hydrogen-bond acceptors (Lipinski definition) is 8. The topological polar surface area (TPSA) is 149 Å². The van der Waals surface area contributed by atoms with Crippen molar-refractivity contribution >= 4 is 11.7 Å². The highest BCUT2D eigenvalue weighted by molar-refractivity contribution is 6.17. The number of phenolic OH excluding ortho intramolecular Hbond substituents is 2. The van der Waals surface area contributed by atoms with Crippen LogP contribution >= 0.6 is 0 Å². The molecule has 51 heavy (non-hydrogen) atoms. The second-order valence-electron chi connectivity index (χ2n) is 16.3. The van der Waals surface area contributed by atoms with Crippen LogP contribution in [0.5, 0.6) is 11.5 Å². The molecule has 2 aromatic rings. The summed E-state index contributed by atoms with van der Waals surface area (Å²) in [6.07, 6.45) is 8.88. The lowest BCUT2D eigenvalue weighted by Crippen LogP contribution is -2.55. The number of aliphatic hydroxyl groups excluding tert-OH is 2. The number of aliphatic hydroxyl groups is 2. The molecular formula is C41H53N2O8+. The molecule has 11 unspecified atom stereocenters. The van der Waals surface area contributed by atoms with Gasteiger partial charge in [0.05, 0.1) is 18.3 Å². The first-order valence-electron chi connectivity index (χ1n) is 18.8. The predicted octanol–water partition coefficient (Wildman–Crippen LogP) is 5.95. The number of allylic oxidation sites excluding steroid dienone is 4. The van der Waals surface area contributed by atoms with E-state index in [0.717, 1.165) is 24.8 Å². The number of aromatic hydroxyl groups is 2. The summed E-state index contributed by atoms with van der Waals surface area (Å²) in [5.74, 6) is -2.54. The number of rotatable bonds is 5. The second kappa shape index (κ2) is 13.7. The van der Waals surface area contributed by atoms with Crippen molar-refractivity contribution < 1.29 is 44.1 Å². The zero-order valence-corrected chi connectivity index (χ0v) is 30.2. The summed E-state index contributed by atoms with van der Waals surface area (Å²) in [4.78, 5) is 27.2. The molecule has 1 aromatic heterocycles. The molecule has 4 fully saturated rings. The van der Waals surface area contributed by atoms with Gasteiger partial charge in [-0.25, -0.2) is 0 Å². The van der Waals surface area contributed by atoms with Crippen LogP contribution in [0.25, 0.3) is 0 Å². The Morgan fingerprint density at radius 3 is 2.37 bits per heavy atom. The van der Waals surface area contributed by atoms with E-state index in [1.165, 1.54) is 6.07 Å². The number of ether oxygens (including phenoxy) is 2. The first-order valence-corrected chi connectivity index (χ1v) is 18.8. The molecule has 274 valence electrons. The Morgan fingerprint density at radius 2 is 1.67 bits per heavy atom. The Balaban J connectivity index is 1.23. The van der Waals surface area contributed by atoms with Gasteiger partial charge in [0.15, 0.2) is 18.2 Å². The van der Waals surface area contributed by atoms with Crippen LogP contribution in [0.15, 0.2) is 71.9 Å². The smallest absolute Gasteiger partial charge is 0.302 e. The van der Waals surface area contributed by atoms with E-state index in [0.29, 0.717) is 24.8 Å². The van der Waals surface area contributed by atoms with Crippen molar-refractivity contribution in [3.8, 4) is 11.5 Å². The first kappa shape index (κ1) is 35.7. The lowest BCUT2D eigenvalue weighted by Gasteiger charge is -2.54. The van der Waals surface area contributed by atoms with E-state index in [1.54, 1.807) is 41.2 Å². The van der Waals surface area contributed by atoms with Gasteiger partial charge in [0.25, 0.3) is 11.8 Å². The number of ketones is 1. The summed E-state index contributed by atoms with van der Waals surface area (Å²) >= 11 is 0. The molecule has 1 aromatic carbocycles. The third-order valence-corrected chi connectivity index (χ3v) is 13.0. The minimum Gasteiger partial charge on any atom is -0.510 e. The van der Waals surface area contributed by atoms with Crippen LogP contribution in [0.2, 0.25) is 0 Å². The molecule has 5 aliphatic rings.